The molecule has 0 spiro atoms. The molecule has 0 unspecified atom stereocenters. The Labute approximate surface area is 120 Å². The molecule has 0 fully saturated rings. The zero-order valence-corrected chi connectivity index (χ0v) is 12.4. The van der Waals surface area contributed by atoms with Gasteiger partial charge in [0.05, 0.1) is 0 Å². The van der Waals surface area contributed by atoms with Gasteiger partial charge >= 0.3 is 5.97 Å². The van der Waals surface area contributed by atoms with Crippen LogP contribution in [0, 0.1) is 0 Å². The maximum absolute atomic E-state index is 11.3. The largest absolute Gasteiger partial charge is 0.477 e. The third kappa shape index (κ3) is 3.49. The fourth-order valence-electron chi connectivity index (χ4n) is 1.89. The predicted molar refractivity (Wildman–Crippen MR) is 81.4 cm³/mol. The first-order valence-electron chi connectivity index (χ1n) is 6.04. The van der Waals surface area contributed by atoms with E-state index < -0.39 is 5.97 Å². The van der Waals surface area contributed by atoms with E-state index in [2.05, 4.69) is 0 Å². The topological polar surface area (TPSA) is 46.5 Å². The molecule has 0 atom stereocenters. The molecule has 1 heterocycles. The van der Waals surface area contributed by atoms with Gasteiger partial charge in [-0.25, -0.2) is 4.79 Å². The standard InChI is InChI=1S/C14H16O3S2/c1-17-7-4-8-18-9-11-10-5-2-3-6-12(10)19-13(11)14(15)16/h2-3,5-6H,4,7-9H2,1H3,(H,15,16). The van der Waals surface area contributed by atoms with Gasteiger partial charge in [-0.05, 0) is 29.2 Å². The van der Waals surface area contributed by atoms with E-state index >= 15 is 0 Å². The van der Waals surface area contributed by atoms with Gasteiger partial charge in [-0.2, -0.15) is 11.8 Å². The van der Waals surface area contributed by atoms with Crippen LogP contribution in [0.2, 0.25) is 0 Å². The van der Waals surface area contributed by atoms with Crippen molar-refractivity contribution in [3.8, 4) is 0 Å². The summed E-state index contributed by atoms with van der Waals surface area (Å²) < 4.78 is 6.05. The Morgan fingerprint density at radius 1 is 1.42 bits per heavy atom. The summed E-state index contributed by atoms with van der Waals surface area (Å²) >= 11 is 3.12. The lowest BCUT2D eigenvalue weighted by molar-refractivity contribution is 0.0701. The van der Waals surface area contributed by atoms with Gasteiger partial charge in [-0.3, -0.25) is 0 Å². The number of carboxylic acids is 1. The summed E-state index contributed by atoms with van der Waals surface area (Å²) in [5.41, 5.74) is 0.954. The SMILES string of the molecule is COCCCSCc1c(C(=O)O)sc2ccccc12. The number of ether oxygens (including phenoxy) is 1. The first kappa shape index (κ1) is 14.4. The monoisotopic (exact) mass is 296 g/mol. The second-order valence-electron chi connectivity index (χ2n) is 4.11. The Morgan fingerprint density at radius 3 is 2.95 bits per heavy atom. The van der Waals surface area contributed by atoms with Crippen molar-refractivity contribution in [2.45, 2.75) is 12.2 Å². The fourth-order valence-corrected chi connectivity index (χ4v) is 4.02. The van der Waals surface area contributed by atoms with Crippen molar-refractivity contribution < 1.29 is 14.6 Å². The highest BCUT2D eigenvalue weighted by atomic mass is 32.2. The highest BCUT2D eigenvalue weighted by Crippen LogP contribution is 2.33. The molecule has 5 heteroatoms. The minimum Gasteiger partial charge on any atom is -0.477 e. The van der Waals surface area contributed by atoms with Crippen molar-refractivity contribution in [2.75, 3.05) is 19.5 Å². The fraction of sp³-hybridized carbons (Fsp3) is 0.357. The smallest absolute Gasteiger partial charge is 0.346 e. The molecule has 0 saturated heterocycles. The van der Waals surface area contributed by atoms with E-state index in [-0.39, 0.29) is 0 Å². The van der Waals surface area contributed by atoms with Crippen LogP contribution in [0.3, 0.4) is 0 Å². The summed E-state index contributed by atoms with van der Waals surface area (Å²) in [5, 5.41) is 10.4. The van der Waals surface area contributed by atoms with Gasteiger partial charge < -0.3 is 9.84 Å². The third-order valence-electron chi connectivity index (χ3n) is 2.78. The van der Waals surface area contributed by atoms with Crippen molar-refractivity contribution in [2.24, 2.45) is 0 Å². The van der Waals surface area contributed by atoms with Crippen LogP contribution in [0.25, 0.3) is 10.1 Å². The summed E-state index contributed by atoms with van der Waals surface area (Å²) in [7, 11) is 1.69. The van der Waals surface area contributed by atoms with Gasteiger partial charge in [0, 0.05) is 24.2 Å². The quantitative estimate of drug-likeness (QED) is 0.788. The molecular weight excluding hydrogens is 280 g/mol. The van der Waals surface area contributed by atoms with Crippen LogP contribution in [0.15, 0.2) is 24.3 Å². The van der Waals surface area contributed by atoms with Crippen LogP contribution in [0.1, 0.15) is 21.7 Å². The molecule has 0 aliphatic carbocycles. The van der Waals surface area contributed by atoms with Crippen molar-refractivity contribution in [3.63, 3.8) is 0 Å². The summed E-state index contributed by atoms with van der Waals surface area (Å²) in [5.74, 6) is 0.903. The van der Waals surface area contributed by atoms with E-state index in [1.807, 2.05) is 24.3 Å². The second kappa shape index (κ2) is 6.93. The second-order valence-corrected chi connectivity index (χ2v) is 6.27. The number of hydrogen-bond donors (Lipinski definition) is 1. The number of carbonyl (C=O) groups is 1. The zero-order valence-electron chi connectivity index (χ0n) is 10.7. The predicted octanol–water partition coefficient (Wildman–Crippen LogP) is 3.87. The molecule has 0 saturated carbocycles. The number of thioether (sulfide) groups is 1. The molecule has 0 amide bonds. The molecule has 1 aromatic heterocycles. The maximum atomic E-state index is 11.3. The van der Waals surface area contributed by atoms with E-state index in [1.54, 1.807) is 18.9 Å². The normalized spacial score (nSPS) is 11.0. The number of methoxy groups -OCH3 is 1. The molecule has 0 aliphatic rings. The van der Waals surface area contributed by atoms with Gasteiger partial charge in [0.2, 0.25) is 0 Å². The number of carboxylic acid groups (broad SMARTS) is 1. The Hall–Kier alpha value is -1.04. The molecule has 102 valence electrons. The first-order valence-corrected chi connectivity index (χ1v) is 8.01. The van der Waals surface area contributed by atoms with Crippen LogP contribution in [-0.2, 0) is 10.5 Å². The zero-order chi connectivity index (χ0) is 13.7. The molecular formula is C14H16O3S2. The highest BCUT2D eigenvalue weighted by Gasteiger charge is 2.16. The first-order chi connectivity index (χ1) is 9.24. The molecule has 1 aromatic carbocycles. The Balaban J connectivity index is 2.15. The minimum absolute atomic E-state index is 0.473. The molecule has 0 bridgehead atoms. The van der Waals surface area contributed by atoms with Gasteiger partial charge in [-0.1, -0.05) is 18.2 Å². The van der Waals surface area contributed by atoms with Crippen molar-refractivity contribution >= 4 is 39.2 Å². The van der Waals surface area contributed by atoms with Crippen molar-refractivity contribution in [1.82, 2.24) is 0 Å². The van der Waals surface area contributed by atoms with Crippen LogP contribution in [0.4, 0.5) is 0 Å². The molecule has 2 rings (SSSR count). The average Bonchev–Trinajstić information content (AvgIpc) is 2.78. The maximum Gasteiger partial charge on any atom is 0.346 e. The van der Waals surface area contributed by atoms with E-state index in [1.165, 1.54) is 11.3 Å². The number of rotatable bonds is 7. The van der Waals surface area contributed by atoms with E-state index in [4.69, 9.17) is 4.74 Å². The number of fused-ring (bicyclic) bond motifs is 1. The van der Waals surface area contributed by atoms with Crippen LogP contribution >= 0.6 is 23.1 Å². The summed E-state index contributed by atoms with van der Waals surface area (Å²) in [6.45, 7) is 0.753. The van der Waals surface area contributed by atoms with Gasteiger partial charge in [0.25, 0.3) is 0 Å². The van der Waals surface area contributed by atoms with Gasteiger partial charge in [0.1, 0.15) is 4.88 Å². The lowest BCUT2D eigenvalue weighted by atomic mass is 10.1. The summed E-state index contributed by atoms with van der Waals surface area (Å²) in [6.07, 6.45) is 0.992. The Morgan fingerprint density at radius 2 is 2.21 bits per heavy atom. The molecule has 19 heavy (non-hydrogen) atoms. The lowest BCUT2D eigenvalue weighted by Crippen LogP contribution is -1.97. The lowest BCUT2D eigenvalue weighted by Gasteiger charge is -2.02. The molecule has 1 N–H and O–H groups in total. The molecule has 0 aliphatic heterocycles. The van der Waals surface area contributed by atoms with Crippen LogP contribution < -0.4 is 0 Å². The molecule has 0 radical (unpaired) electrons. The number of thiophene rings is 1. The highest BCUT2D eigenvalue weighted by molar-refractivity contribution is 7.98. The third-order valence-corrected chi connectivity index (χ3v) is 5.05. The van der Waals surface area contributed by atoms with E-state index in [0.717, 1.165) is 40.2 Å². The molecule has 3 nitrogen and oxygen atoms in total. The minimum atomic E-state index is -0.825. The Bertz CT molecular complexity index is 563. The van der Waals surface area contributed by atoms with Crippen molar-refractivity contribution in [1.29, 1.82) is 0 Å². The van der Waals surface area contributed by atoms with E-state index in [9.17, 15) is 9.90 Å². The van der Waals surface area contributed by atoms with Crippen LogP contribution in [0.5, 0.6) is 0 Å². The number of aromatic carboxylic acids is 1. The number of benzene rings is 1. The summed E-state index contributed by atoms with van der Waals surface area (Å²) in [6, 6.07) is 7.88. The van der Waals surface area contributed by atoms with Crippen LogP contribution in [-0.4, -0.2) is 30.5 Å². The number of hydrogen-bond acceptors (Lipinski definition) is 4. The van der Waals surface area contributed by atoms with Gasteiger partial charge in [-0.15, -0.1) is 11.3 Å². The van der Waals surface area contributed by atoms with Crippen molar-refractivity contribution in [3.05, 3.63) is 34.7 Å². The Kier molecular flexibility index (Phi) is 5.24. The average molecular weight is 296 g/mol. The van der Waals surface area contributed by atoms with Gasteiger partial charge in [0.15, 0.2) is 0 Å². The molecule has 2 aromatic rings. The van der Waals surface area contributed by atoms with E-state index in [0.29, 0.717) is 4.88 Å². The summed E-state index contributed by atoms with van der Waals surface area (Å²) in [4.78, 5) is 11.8.